The molecule has 3 heterocycles. The Morgan fingerprint density at radius 3 is 2.82 bits per heavy atom. The lowest BCUT2D eigenvalue weighted by Gasteiger charge is -2.06. The number of rotatable bonds is 9. The Kier molecular flexibility index (Phi) is 6.18. The number of nitrogens with zero attached hydrogens (tertiary/aromatic N) is 2. The number of amides is 1. The van der Waals surface area contributed by atoms with Gasteiger partial charge in [0.1, 0.15) is 29.9 Å². The largest absolute Gasteiger partial charge is 0.475 e. The zero-order valence-electron chi connectivity index (χ0n) is 15.5. The number of methoxy groups -OCH3 is 1. The smallest absolute Gasteiger partial charge is 0.294 e. The molecule has 0 saturated carbocycles. The molecule has 0 aliphatic rings. The number of hydrogen-bond donors (Lipinski definition) is 2. The molecule has 3 aromatic heterocycles. The highest BCUT2D eigenvalue weighted by atomic mass is 16.5. The van der Waals surface area contributed by atoms with E-state index >= 15 is 0 Å². The first-order valence-corrected chi connectivity index (χ1v) is 8.59. The van der Waals surface area contributed by atoms with E-state index in [2.05, 4.69) is 20.6 Å². The van der Waals surface area contributed by atoms with Crippen molar-refractivity contribution in [2.24, 2.45) is 0 Å². The molecule has 0 bridgehead atoms. The number of pyridine rings is 2. The summed E-state index contributed by atoms with van der Waals surface area (Å²) in [6, 6.07) is 6.80. The number of aldehydes is 1. The first-order chi connectivity index (χ1) is 13.6. The van der Waals surface area contributed by atoms with Crippen LogP contribution in [0.2, 0.25) is 0 Å². The van der Waals surface area contributed by atoms with E-state index in [1.807, 2.05) is 13.0 Å². The van der Waals surface area contributed by atoms with Crippen molar-refractivity contribution >= 4 is 34.8 Å². The summed E-state index contributed by atoms with van der Waals surface area (Å²) in [6.45, 7) is 2.64. The summed E-state index contributed by atoms with van der Waals surface area (Å²) in [6.07, 6.45) is 2.33. The van der Waals surface area contributed by atoms with Gasteiger partial charge in [-0.15, -0.1) is 0 Å². The lowest BCUT2D eigenvalue weighted by molar-refractivity contribution is -0.106. The van der Waals surface area contributed by atoms with E-state index < -0.39 is 5.91 Å². The average Bonchev–Trinajstić information content (AvgIpc) is 3.06. The van der Waals surface area contributed by atoms with Crippen molar-refractivity contribution in [1.82, 2.24) is 9.97 Å². The zero-order valence-corrected chi connectivity index (χ0v) is 15.5. The summed E-state index contributed by atoms with van der Waals surface area (Å²) >= 11 is 0. The Morgan fingerprint density at radius 1 is 1.25 bits per heavy atom. The summed E-state index contributed by atoms with van der Waals surface area (Å²) in [5, 5.41) is 5.54. The van der Waals surface area contributed by atoms with Gasteiger partial charge in [-0.25, -0.2) is 9.97 Å². The molecule has 0 spiro atoms. The van der Waals surface area contributed by atoms with Gasteiger partial charge in [-0.1, -0.05) is 6.07 Å². The van der Waals surface area contributed by atoms with Gasteiger partial charge < -0.3 is 29.3 Å². The summed E-state index contributed by atoms with van der Waals surface area (Å²) in [7, 11) is 1.57. The number of aryl methyl sites for hydroxylation is 1. The average molecular weight is 384 g/mol. The highest BCUT2D eigenvalue weighted by Gasteiger charge is 2.22. The molecule has 3 rings (SSSR count). The van der Waals surface area contributed by atoms with Crippen LogP contribution in [0.1, 0.15) is 16.1 Å². The van der Waals surface area contributed by atoms with Crippen LogP contribution in [0, 0.1) is 6.92 Å². The Bertz CT molecular complexity index is 968. The second-order valence-corrected chi connectivity index (χ2v) is 5.87. The summed E-state index contributed by atoms with van der Waals surface area (Å²) < 4.78 is 16.1. The predicted molar refractivity (Wildman–Crippen MR) is 103 cm³/mol. The monoisotopic (exact) mass is 384 g/mol. The summed E-state index contributed by atoms with van der Waals surface area (Å²) in [5.74, 6) is 0.228. The van der Waals surface area contributed by atoms with Gasteiger partial charge in [0.2, 0.25) is 11.6 Å². The van der Waals surface area contributed by atoms with Gasteiger partial charge in [0.05, 0.1) is 13.2 Å². The molecule has 0 fully saturated rings. The van der Waals surface area contributed by atoms with Crippen molar-refractivity contribution in [3.63, 3.8) is 0 Å². The second kappa shape index (κ2) is 8.96. The quantitative estimate of drug-likeness (QED) is 0.427. The third kappa shape index (κ3) is 4.44. The Labute approximate surface area is 161 Å². The third-order valence-corrected chi connectivity index (χ3v) is 3.77. The SMILES string of the molecule is COCCOc1ccc2oc(C(=O)Nc3ccc(C)cn3)c(NCC=O)c2n1. The molecular formula is C19H20N4O5. The van der Waals surface area contributed by atoms with Crippen LogP contribution < -0.4 is 15.4 Å². The molecule has 146 valence electrons. The van der Waals surface area contributed by atoms with Gasteiger partial charge in [0.15, 0.2) is 5.58 Å². The Balaban J connectivity index is 1.91. The maximum atomic E-state index is 12.7. The first-order valence-electron chi connectivity index (χ1n) is 8.59. The molecule has 28 heavy (non-hydrogen) atoms. The van der Waals surface area contributed by atoms with E-state index in [-0.39, 0.29) is 12.3 Å². The van der Waals surface area contributed by atoms with Gasteiger partial charge in [0, 0.05) is 19.4 Å². The first kappa shape index (κ1) is 19.3. The van der Waals surface area contributed by atoms with Crippen LogP contribution in [0.15, 0.2) is 34.9 Å². The fourth-order valence-electron chi connectivity index (χ4n) is 2.45. The van der Waals surface area contributed by atoms with E-state index in [1.165, 1.54) is 0 Å². The zero-order chi connectivity index (χ0) is 19.9. The molecule has 9 heteroatoms. The van der Waals surface area contributed by atoms with Crippen LogP contribution in [-0.4, -0.2) is 49.0 Å². The molecule has 0 unspecified atom stereocenters. The molecule has 9 nitrogen and oxygen atoms in total. The minimum Gasteiger partial charge on any atom is -0.475 e. The van der Waals surface area contributed by atoms with Crippen molar-refractivity contribution in [3.8, 4) is 5.88 Å². The molecule has 3 aromatic rings. The number of aromatic nitrogens is 2. The van der Waals surface area contributed by atoms with Crippen molar-refractivity contribution in [2.75, 3.05) is 37.5 Å². The minimum absolute atomic E-state index is 0.000710. The molecule has 0 saturated heterocycles. The van der Waals surface area contributed by atoms with Crippen LogP contribution in [-0.2, 0) is 9.53 Å². The lowest BCUT2D eigenvalue weighted by Crippen LogP contribution is -2.15. The molecule has 1 amide bonds. The molecule has 0 atom stereocenters. The standard InChI is InChI=1S/C19H20N4O5/c1-12-3-5-14(21-11-12)22-19(25)18-17(20-7-8-24)16-13(28-18)4-6-15(23-16)27-10-9-26-2/h3-6,8,11,20H,7,9-10H2,1-2H3,(H,21,22,25). The highest BCUT2D eigenvalue weighted by molar-refractivity contribution is 6.10. The summed E-state index contributed by atoms with van der Waals surface area (Å²) in [5.41, 5.74) is 2.05. The lowest BCUT2D eigenvalue weighted by atomic mass is 10.3. The van der Waals surface area contributed by atoms with E-state index in [9.17, 15) is 9.59 Å². The minimum atomic E-state index is -0.510. The number of nitrogens with one attached hydrogen (secondary N) is 2. The van der Waals surface area contributed by atoms with Crippen LogP contribution in [0.4, 0.5) is 11.5 Å². The predicted octanol–water partition coefficient (Wildman–Crippen LogP) is 2.42. The van der Waals surface area contributed by atoms with Gasteiger partial charge in [-0.2, -0.15) is 0 Å². The van der Waals surface area contributed by atoms with Crippen molar-refractivity contribution in [2.45, 2.75) is 6.92 Å². The van der Waals surface area contributed by atoms with E-state index in [4.69, 9.17) is 13.9 Å². The van der Waals surface area contributed by atoms with E-state index in [0.29, 0.717) is 48.0 Å². The van der Waals surface area contributed by atoms with Crippen LogP contribution in [0.5, 0.6) is 5.88 Å². The topological polar surface area (TPSA) is 116 Å². The maximum absolute atomic E-state index is 12.7. The van der Waals surface area contributed by atoms with Crippen LogP contribution in [0.3, 0.4) is 0 Å². The molecular weight excluding hydrogens is 364 g/mol. The van der Waals surface area contributed by atoms with E-state index in [0.717, 1.165) is 5.56 Å². The van der Waals surface area contributed by atoms with Crippen molar-refractivity contribution in [3.05, 3.63) is 41.8 Å². The van der Waals surface area contributed by atoms with Gasteiger partial charge in [0.25, 0.3) is 5.91 Å². The number of hydrogen-bond acceptors (Lipinski definition) is 8. The molecule has 0 radical (unpaired) electrons. The third-order valence-electron chi connectivity index (χ3n) is 3.77. The molecule has 0 aliphatic heterocycles. The number of carbonyl (C=O) groups excluding carboxylic acids is 2. The number of anilines is 2. The fraction of sp³-hybridized carbons (Fsp3) is 0.263. The second-order valence-electron chi connectivity index (χ2n) is 5.87. The number of ether oxygens (including phenoxy) is 2. The number of carbonyl (C=O) groups is 2. The highest BCUT2D eigenvalue weighted by Crippen LogP contribution is 2.31. The van der Waals surface area contributed by atoms with Crippen LogP contribution in [0.25, 0.3) is 11.1 Å². The van der Waals surface area contributed by atoms with Gasteiger partial charge in [-0.05, 0) is 24.6 Å². The van der Waals surface area contributed by atoms with Crippen molar-refractivity contribution < 1.29 is 23.5 Å². The Hall–Kier alpha value is -3.46. The molecule has 0 aromatic carbocycles. The summed E-state index contributed by atoms with van der Waals surface area (Å²) in [4.78, 5) is 32.0. The molecule has 0 aliphatic carbocycles. The maximum Gasteiger partial charge on any atom is 0.294 e. The molecule has 2 N–H and O–H groups in total. The van der Waals surface area contributed by atoms with Crippen molar-refractivity contribution in [1.29, 1.82) is 0 Å². The number of fused-ring (bicyclic) bond motifs is 1. The van der Waals surface area contributed by atoms with Gasteiger partial charge >= 0.3 is 0 Å². The Morgan fingerprint density at radius 2 is 2.11 bits per heavy atom. The van der Waals surface area contributed by atoms with E-state index in [1.54, 1.807) is 31.5 Å². The van der Waals surface area contributed by atoms with Crippen LogP contribution >= 0.6 is 0 Å². The van der Waals surface area contributed by atoms with Gasteiger partial charge in [-0.3, -0.25) is 4.79 Å². The fourth-order valence-corrected chi connectivity index (χ4v) is 2.45. The number of furan rings is 1. The normalized spacial score (nSPS) is 10.6.